The van der Waals surface area contributed by atoms with Crippen LogP contribution in [0, 0.1) is 0 Å². The molecule has 0 fully saturated rings. The van der Waals surface area contributed by atoms with Crippen LogP contribution in [0.1, 0.15) is 20.8 Å². The first-order valence-corrected chi connectivity index (χ1v) is 4.09. The Morgan fingerprint density at radius 1 is 1.64 bits per heavy atom. The van der Waals surface area contributed by atoms with E-state index in [4.69, 9.17) is 4.74 Å². The average Bonchev–Trinajstić information content (AvgIpc) is 1.79. The van der Waals surface area contributed by atoms with E-state index in [2.05, 4.69) is 11.3 Å². The molecule has 1 N–H and O–H groups in total. The zero-order valence-corrected chi connectivity index (χ0v) is 7.83. The predicted octanol–water partition coefficient (Wildman–Crippen LogP) is 2.30. The zero-order valence-electron chi connectivity index (χ0n) is 7.01. The fourth-order valence-electron chi connectivity index (χ4n) is 0.389. The summed E-state index contributed by atoms with van der Waals surface area (Å²) in [7, 11) is 0. The minimum Gasteiger partial charge on any atom is -0.443 e. The second kappa shape index (κ2) is 4.28. The fourth-order valence-corrected chi connectivity index (χ4v) is 0.610. The van der Waals surface area contributed by atoms with Crippen LogP contribution in [-0.4, -0.2) is 11.7 Å². The third kappa shape index (κ3) is 7.25. The highest BCUT2D eigenvalue weighted by Crippen LogP contribution is 2.07. The van der Waals surface area contributed by atoms with Crippen LogP contribution in [0.3, 0.4) is 0 Å². The van der Waals surface area contributed by atoms with Crippen molar-refractivity contribution in [3.8, 4) is 0 Å². The van der Waals surface area contributed by atoms with Gasteiger partial charge in [0.15, 0.2) is 0 Å². The normalized spacial score (nSPS) is 10.5. The summed E-state index contributed by atoms with van der Waals surface area (Å²) < 4.78 is 7.35. The molecule has 11 heavy (non-hydrogen) atoms. The van der Waals surface area contributed by atoms with E-state index in [1.165, 1.54) is 5.41 Å². The van der Waals surface area contributed by atoms with Crippen LogP contribution in [0.25, 0.3) is 0 Å². The molecule has 0 aliphatic carbocycles. The molecule has 0 saturated carbocycles. The van der Waals surface area contributed by atoms with Gasteiger partial charge in [0.1, 0.15) is 5.60 Å². The molecule has 0 aromatic heterocycles. The van der Waals surface area contributed by atoms with Crippen molar-refractivity contribution in [3.05, 3.63) is 12.0 Å². The molecule has 0 heterocycles. The number of carbonyl (C=O) groups excluding carboxylic acids is 1. The van der Waals surface area contributed by atoms with Gasteiger partial charge >= 0.3 is 6.09 Å². The van der Waals surface area contributed by atoms with Crippen molar-refractivity contribution >= 4 is 18.0 Å². The minimum absolute atomic E-state index is 0.439. The summed E-state index contributed by atoms with van der Waals surface area (Å²) >= 11 is 1.10. The van der Waals surface area contributed by atoms with Crippen molar-refractivity contribution in [2.75, 3.05) is 0 Å². The van der Waals surface area contributed by atoms with Crippen molar-refractivity contribution in [3.63, 3.8) is 0 Å². The molecule has 1 amide bonds. The number of hydrogen-bond acceptors (Lipinski definition) is 3. The maximum atomic E-state index is 10.8. The number of rotatable bonds is 2. The number of carbonyl (C=O) groups is 1. The SMILES string of the molecule is C=CSNC(=O)OC(C)(C)C. The molecular weight excluding hydrogens is 162 g/mol. The molecule has 0 aromatic carbocycles. The van der Waals surface area contributed by atoms with Gasteiger partial charge in [0.05, 0.1) is 0 Å². The first kappa shape index (κ1) is 10.4. The van der Waals surface area contributed by atoms with Gasteiger partial charge < -0.3 is 4.74 Å². The highest BCUT2D eigenvalue weighted by atomic mass is 32.2. The standard InChI is InChI=1S/C7H13NO2S/c1-5-11-8-6(9)10-7(2,3)4/h5H,1H2,2-4H3,(H,8,9). The van der Waals surface area contributed by atoms with Crippen molar-refractivity contribution < 1.29 is 9.53 Å². The van der Waals surface area contributed by atoms with E-state index in [1.54, 1.807) is 0 Å². The largest absolute Gasteiger partial charge is 0.443 e. The Morgan fingerprint density at radius 2 is 2.18 bits per heavy atom. The Morgan fingerprint density at radius 3 is 2.55 bits per heavy atom. The molecule has 0 saturated heterocycles. The van der Waals surface area contributed by atoms with Gasteiger partial charge in [-0.1, -0.05) is 6.58 Å². The Kier molecular flexibility index (Phi) is 4.03. The number of hydrogen-bond donors (Lipinski definition) is 1. The molecule has 0 unspecified atom stereocenters. The average molecular weight is 175 g/mol. The smallest absolute Gasteiger partial charge is 0.417 e. The predicted molar refractivity (Wildman–Crippen MR) is 47.2 cm³/mol. The maximum Gasteiger partial charge on any atom is 0.417 e. The Labute approximate surface area is 71.3 Å². The third-order valence-electron chi connectivity index (χ3n) is 0.624. The molecule has 0 spiro atoms. The van der Waals surface area contributed by atoms with Crippen molar-refractivity contribution in [2.24, 2.45) is 0 Å². The van der Waals surface area contributed by atoms with Gasteiger partial charge in [-0.3, -0.25) is 4.72 Å². The monoisotopic (exact) mass is 175 g/mol. The van der Waals surface area contributed by atoms with Gasteiger partial charge in [0.25, 0.3) is 0 Å². The molecule has 0 aromatic rings. The van der Waals surface area contributed by atoms with Crippen molar-refractivity contribution in [2.45, 2.75) is 26.4 Å². The minimum atomic E-state index is -0.442. The van der Waals surface area contributed by atoms with E-state index >= 15 is 0 Å². The van der Waals surface area contributed by atoms with Crippen molar-refractivity contribution in [1.29, 1.82) is 0 Å². The Hall–Kier alpha value is -0.640. The lowest BCUT2D eigenvalue weighted by Crippen LogP contribution is -2.28. The lowest BCUT2D eigenvalue weighted by molar-refractivity contribution is 0.0575. The second-order valence-electron chi connectivity index (χ2n) is 2.89. The van der Waals surface area contributed by atoms with E-state index in [0.29, 0.717) is 0 Å². The van der Waals surface area contributed by atoms with Gasteiger partial charge in [0.2, 0.25) is 0 Å². The van der Waals surface area contributed by atoms with E-state index < -0.39 is 11.7 Å². The van der Waals surface area contributed by atoms with Gasteiger partial charge in [-0.15, -0.1) is 0 Å². The molecule has 0 bridgehead atoms. The van der Waals surface area contributed by atoms with Gasteiger partial charge in [-0.25, -0.2) is 4.79 Å². The van der Waals surface area contributed by atoms with Crippen LogP contribution in [0.4, 0.5) is 4.79 Å². The summed E-state index contributed by atoms with van der Waals surface area (Å²) in [4.78, 5) is 10.8. The molecule has 0 rings (SSSR count). The molecule has 0 radical (unpaired) electrons. The summed E-state index contributed by atoms with van der Waals surface area (Å²) in [6, 6.07) is 0. The zero-order chi connectivity index (χ0) is 8.91. The van der Waals surface area contributed by atoms with Gasteiger partial charge in [0, 0.05) is 0 Å². The molecule has 0 aliphatic heterocycles. The van der Waals surface area contributed by atoms with Crippen LogP contribution < -0.4 is 4.72 Å². The van der Waals surface area contributed by atoms with E-state index in [0.717, 1.165) is 11.9 Å². The number of nitrogens with one attached hydrogen (secondary N) is 1. The van der Waals surface area contributed by atoms with Gasteiger partial charge in [-0.05, 0) is 38.1 Å². The van der Waals surface area contributed by atoms with Crippen molar-refractivity contribution in [1.82, 2.24) is 4.72 Å². The Balaban J connectivity index is 3.61. The van der Waals surface area contributed by atoms with Crippen LogP contribution in [0.15, 0.2) is 12.0 Å². The summed E-state index contributed by atoms with van der Waals surface area (Å²) in [6.45, 7) is 8.85. The summed E-state index contributed by atoms with van der Waals surface area (Å²) in [5.41, 5.74) is -0.439. The maximum absolute atomic E-state index is 10.8. The lowest BCUT2D eigenvalue weighted by Gasteiger charge is -2.18. The number of amides is 1. The van der Waals surface area contributed by atoms with Crippen LogP contribution >= 0.6 is 11.9 Å². The van der Waals surface area contributed by atoms with E-state index in [1.807, 2.05) is 20.8 Å². The van der Waals surface area contributed by atoms with Gasteiger partial charge in [-0.2, -0.15) is 0 Å². The van der Waals surface area contributed by atoms with E-state index in [-0.39, 0.29) is 0 Å². The molecule has 4 heteroatoms. The Bertz CT molecular complexity index is 151. The molecular formula is C7H13NO2S. The van der Waals surface area contributed by atoms with Crippen LogP contribution in [0.5, 0.6) is 0 Å². The highest BCUT2D eigenvalue weighted by molar-refractivity contribution is 8.00. The second-order valence-corrected chi connectivity index (χ2v) is 3.66. The summed E-state index contributed by atoms with van der Waals surface area (Å²) in [5, 5.41) is 1.52. The summed E-state index contributed by atoms with van der Waals surface area (Å²) in [5.74, 6) is 0. The highest BCUT2D eigenvalue weighted by Gasteiger charge is 2.15. The number of ether oxygens (including phenoxy) is 1. The third-order valence-corrected chi connectivity index (χ3v) is 1.08. The summed E-state index contributed by atoms with van der Waals surface area (Å²) in [6.07, 6.45) is -0.442. The molecule has 0 aliphatic rings. The molecule has 0 atom stereocenters. The first-order valence-electron chi connectivity index (χ1n) is 3.21. The lowest BCUT2D eigenvalue weighted by atomic mass is 10.2. The molecule has 3 nitrogen and oxygen atoms in total. The first-order chi connectivity index (χ1) is 4.95. The van der Waals surface area contributed by atoms with E-state index in [9.17, 15) is 4.79 Å². The molecule has 64 valence electrons. The fraction of sp³-hybridized carbons (Fsp3) is 0.571. The topological polar surface area (TPSA) is 38.3 Å². The van der Waals surface area contributed by atoms with Crippen LogP contribution in [-0.2, 0) is 4.74 Å². The quantitative estimate of drug-likeness (QED) is 0.654. The van der Waals surface area contributed by atoms with Crippen LogP contribution in [0.2, 0.25) is 0 Å².